The molecule has 0 amide bonds. The molecule has 1 heterocycles. The first-order valence-corrected chi connectivity index (χ1v) is 10.8. The topological polar surface area (TPSA) is 65.7 Å². The summed E-state index contributed by atoms with van der Waals surface area (Å²) in [7, 11) is 0. The lowest BCUT2D eigenvalue weighted by molar-refractivity contribution is 0.0734. The zero-order chi connectivity index (χ0) is 23.4. The lowest BCUT2D eigenvalue weighted by Crippen LogP contribution is -2.10. The van der Waals surface area contributed by atoms with Crippen LogP contribution < -0.4 is 9.47 Å². The van der Waals surface area contributed by atoms with Crippen molar-refractivity contribution in [2.45, 2.75) is 13.8 Å². The summed E-state index contributed by atoms with van der Waals surface area (Å²) in [5.74, 6) is 0.688. The number of hydrogen-bond acceptors (Lipinski definition) is 5. The molecule has 0 atom stereocenters. The number of ketones is 1. The Morgan fingerprint density at radius 3 is 2.55 bits per heavy atom. The Hall–Kier alpha value is -3.83. The second kappa shape index (κ2) is 9.76. The summed E-state index contributed by atoms with van der Waals surface area (Å²) in [5, 5.41) is 1.18. The lowest BCUT2D eigenvalue weighted by atomic mass is 10.1. The number of para-hydroxylation sites is 1. The van der Waals surface area contributed by atoms with Gasteiger partial charge in [0.2, 0.25) is 0 Å². The number of allylic oxidation sites excluding steroid dienone is 1. The monoisotopic (exact) mass is 460 g/mol. The van der Waals surface area contributed by atoms with Gasteiger partial charge in [-0.2, -0.15) is 0 Å². The fraction of sp³-hybridized carbons (Fsp3) is 0.111. The third kappa shape index (κ3) is 4.99. The molecule has 5 nitrogen and oxygen atoms in total. The number of esters is 1. The molecule has 1 aromatic heterocycles. The van der Waals surface area contributed by atoms with Crippen LogP contribution in [0.4, 0.5) is 0 Å². The highest BCUT2D eigenvalue weighted by Crippen LogP contribution is 2.31. The van der Waals surface area contributed by atoms with Gasteiger partial charge in [0.1, 0.15) is 28.4 Å². The molecule has 0 fully saturated rings. The number of halogens is 1. The quantitative estimate of drug-likeness (QED) is 0.130. The Labute approximate surface area is 196 Å². The number of carbonyl (C=O) groups is 2. The van der Waals surface area contributed by atoms with E-state index in [9.17, 15) is 9.59 Å². The maximum Gasteiger partial charge on any atom is 0.347 e. The van der Waals surface area contributed by atoms with Gasteiger partial charge in [-0.1, -0.05) is 29.8 Å². The minimum Gasteiger partial charge on any atom is -0.494 e. The van der Waals surface area contributed by atoms with Crippen LogP contribution in [0.25, 0.3) is 17.0 Å². The first kappa shape index (κ1) is 22.4. The Balaban J connectivity index is 1.60. The summed E-state index contributed by atoms with van der Waals surface area (Å²) >= 11 is 5.88. The number of hydrogen-bond donors (Lipinski definition) is 0. The molecule has 6 heteroatoms. The van der Waals surface area contributed by atoms with E-state index in [-0.39, 0.29) is 5.78 Å². The maximum atomic E-state index is 13.1. The van der Waals surface area contributed by atoms with Crippen molar-refractivity contribution in [2.75, 3.05) is 6.61 Å². The zero-order valence-electron chi connectivity index (χ0n) is 18.1. The fourth-order valence-electron chi connectivity index (χ4n) is 3.45. The highest BCUT2D eigenvalue weighted by molar-refractivity contribution is 6.30. The first-order chi connectivity index (χ1) is 16.0. The molecule has 0 aliphatic heterocycles. The van der Waals surface area contributed by atoms with Gasteiger partial charge in [-0.05, 0) is 74.5 Å². The highest BCUT2D eigenvalue weighted by atomic mass is 35.5. The van der Waals surface area contributed by atoms with Crippen molar-refractivity contribution in [1.82, 2.24) is 0 Å². The van der Waals surface area contributed by atoms with Gasteiger partial charge in [0.15, 0.2) is 5.78 Å². The van der Waals surface area contributed by atoms with Crippen LogP contribution >= 0.6 is 11.6 Å². The van der Waals surface area contributed by atoms with Gasteiger partial charge in [0.05, 0.1) is 6.61 Å². The van der Waals surface area contributed by atoms with Gasteiger partial charge in [0.25, 0.3) is 0 Å². The molecule has 0 unspecified atom stereocenters. The van der Waals surface area contributed by atoms with Gasteiger partial charge >= 0.3 is 5.97 Å². The first-order valence-electron chi connectivity index (χ1n) is 10.4. The van der Waals surface area contributed by atoms with Crippen molar-refractivity contribution in [3.8, 4) is 11.5 Å². The van der Waals surface area contributed by atoms with E-state index >= 15 is 0 Å². The summed E-state index contributed by atoms with van der Waals surface area (Å²) in [5.41, 5.74) is 2.01. The molecule has 0 aliphatic carbocycles. The standard InChI is InChI=1S/C27H21ClO5/c1-3-31-21-13-15-25-22(16-21)26(17(2)32-25)27(30)33-24-7-5-4-6-19(24)10-14-23(29)18-8-11-20(28)12-9-18/h4-16H,3H2,1-2H3/b14-10+. The third-order valence-electron chi connectivity index (χ3n) is 5.02. The van der Waals surface area contributed by atoms with Crippen molar-refractivity contribution >= 4 is 40.4 Å². The predicted molar refractivity (Wildman–Crippen MR) is 128 cm³/mol. The second-order valence-electron chi connectivity index (χ2n) is 7.26. The molecule has 4 aromatic rings. The molecule has 0 saturated carbocycles. The van der Waals surface area contributed by atoms with E-state index in [4.69, 9.17) is 25.5 Å². The van der Waals surface area contributed by atoms with E-state index in [2.05, 4.69) is 0 Å². The van der Waals surface area contributed by atoms with Gasteiger partial charge in [0, 0.05) is 21.5 Å². The molecule has 0 spiro atoms. The minimum absolute atomic E-state index is 0.187. The van der Waals surface area contributed by atoms with E-state index in [1.807, 2.05) is 6.92 Å². The molecular weight excluding hydrogens is 440 g/mol. The minimum atomic E-state index is -0.551. The van der Waals surface area contributed by atoms with Crippen LogP contribution in [-0.4, -0.2) is 18.4 Å². The fourth-order valence-corrected chi connectivity index (χ4v) is 3.57. The largest absolute Gasteiger partial charge is 0.494 e. The molecule has 0 saturated heterocycles. The Morgan fingerprint density at radius 1 is 1.03 bits per heavy atom. The Bertz CT molecular complexity index is 1350. The molecule has 3 aromatic carbocycles. The number of ether oxygens (including phenoxy) is 2. The van der Waals surface area contributed by atoms with Crippen molar-refractivity contribution in [3.63, 3.8) is 0 Å². The summed E-state index contributed by atoms with van der Waals surface area (Å²) in [4.78, 5) is 25.6. The van der Waals surface area contributed by atoms with Gasteiger partial charge < -0.3 is 13.9 Å². The summed E-state index contributed by atoms with van der Waals surface area (Å²) in [6.07, 6.45) is 3.05. The van der Waals surface area contributed by atoms with Crippen LogP contribution in [0, 0.1) is 6.92 Å². The number of carbonyl (C=O) groups excluding carboxylic acids is 2. The summed E-state index contributed by atoms with van der Waals surface area (Å²) in [6.45, 7) is 4.12. The van der Waals surface area contributed by atoms with Crippen LogP contribution in [0.2, 0.25) is 5.02 Å². The zero-order valence-corrected chi connectivity index (χ0v) is 18.9. The van der Waals surface area contributed by atoms with E-state index in [0.717, 1.165) is 0 Å². The second-order valence-corrected chi connectivity index (χ2v) is 7.69. The Morgan fingerprint density at radius 2 is 1.79 bits per heavy atom. The van der Waals surface area contributed by atoms with Gasteiger partial charge in [-0.3, -0.25) is 4.79 Å². The van der Waals surface area contributed by atoms with Crippen molar-refractivity contribution < 1.29 is 23.5 Å². The van der Waals surface area contributed by atoms with E-state index in [1.54, 1.807) is 79.7 Å². The third-order valence-corrected chi connectivity index (χ3v) is 5.27. The SMILES string of the molecule is CCOc1ccc2oc(C)c(C(=O)Oc3ccccc3/C=C/C(=O)c3ccc(Cl)cc3)c2c1. The van der Waals surface area contributed by atoms with Gasteiger partial charge in [-0.15, -0.1) is 0 Å². The predicted octanol–water partition coefficient (Wildman–Crippen LogP) is 6.91. The summed E-state index contributed by atoms with van der Waals surface area (Å²) < 4.78 is 17.0. The van der Waals surface area contributed by atoms with Crippen LogP contribution in [0.5, 0.6) is 11.5 Å². The number of rotatable bonds is 7. The number of aryl methyl sites for hydroxylation is 1. The average molecular weight is 461 g/mol. The molecule has 4 rings (SSSR count). The maximum absolute atomic E-state index is 13.1. The summed E-state index contributed by atoms with van der Waals surface area (Å²) in [6, 6.07) is 19.0. The van der Waals surface area contributed by atoms with E-state index in [0.29, 0.717) is 56.5 Å². The molecule has 166 valence electrons. The average Bonchev–Trinajstić information content (AvgIpc) is 3.14. The molecular formula is C27H21ClO5. The molecule has 0 aliphatic rings. The van der Waals surface area contributed by atoms with Crippen LogP contribution in [0.3, 0.4) is 0 Å². The van der Waals surface area contributed by atoms with Crippen LogP contribution in [0.15, 0.2) is 77.2 Å². The normalized spacial score (nSPS) is 11.1. The molecule has 0 N–H and O–H groups in total. The van der Waals surface area contributed by atoms with Crippen LogP contribution in [0.1, 0.15) is 39.0 Å². The molecule has 33 heavy (non-hydrogen) atoms. The van der Waals surface area contributed by atoms with Crippen LogP contribution in [-0.2, 0) is 0 Å². The van der Waals surface area contributed by atoms with Crippen molar-refractivity contribution in [2.24, 2.45) is 0 Å². The van der Waals surface area contributed by atoms with Crippen molar-refractivity contribution in [3.05, 3.63) is 100 Å². The van der Waals surface area contributed by atoms with E-state index < -0.39 is 5.97 Å². The lowest BCUT2D eigenvalue weighted by Gasteiger charge is -2.08. The number of benzene rings is 3. The smallest absolute Gasteiger partial charge is 0.347 e. The highest BCUT2D eigenvalue weighted by Gasteiger charge is 2.21. The van der Waals surface area contributed by atoms with E-state index in [1.165, 1.54) is 6.08 Å². The Kier molecular flexibility index (Phi) is 6.61. The number of fused-ring (bicyclic) bond motifs is 1. The number of furan rings is 1. The van der Waals surface area contributed by atoms with Gasteiger partial charge in [-0.25, -0.2) is 4.79 Å². The van der Waals surface area contributed by atoms with Crippen molar-refractivity contribution in [1.29, 1.82) is 0 Å². The molecule has 0 bridgehead atoms. The molecule has 0 radical (unpaired) electrons.